The van der Waals surface area contributed by atoms with Crippen molar-refractivity contribution < 1.29 is 0 Å². The van der Waals surface area contributed by atoms with Gasteiger partial charge in [-0.1, -0.05) is 11.8 Å². The first-order valence-corrected chi connectivity index (χ1v) is 9.03. The molecule has 1 fully saturated rings. The normalized spacial score (nSPS) is 17.4. The maximum absolute atomic E-state index is 9.35. The van der Waals surface area contributed by atoms with Crippen LogP contribution in [0.1, 0.15) is 24.1 Å². The highest BCUT2D eigenvalue weighted by Crippen LogP contribution is 2.24. The zero-order chi connectivity index (χ0) is 16.9. The largest absolute Gasteiger partial charge is 0.365 e. The second-order valence-corrected chi connectivity index (χ2v) is 6.45. The molecule has 8 heteroatoms. The van der Waals surface area contributed by atoms with Crippen LogP contribution < -0.4 is 10.2 Å². The number of aromatic nitrogens is 4. The summed E-state index contributed by atoms with van der Waals surface area (Å²) in [6.07, 6.45) is 7.20. The summed E-state index contributed by atoms with van der Waals surface area (Å²) in [5.74, 6) is 1.56. The molecule has 0 amide bonds. The minimum absolute atomic E-state index is 0.257. The van der Waals surface area contributed by atoms with Gasteiger partial charge in [0.25, 0.3) is 0 Å². The molecular weight excluding hydrogens is 322 g/mol. The Morgan fingerprint density at radius 2 is 2.25 bits per heavy atom. The molecule has 1 atom stereocenters. The van der Waals surface area contributed by atoms with Gasteiger partial charge < -0.3 is 10.2 Å². The van der Waals surface area contributed by atoms with Crippen molar-refractivity contribution in [3.05, 3.63) is 29.8 Å². The van der Waals surface area contributed by atoms with Crippen LogP contribution in [0.4, 0.5) is 11.6 Å². The van der Waals surface area contributed by atoms with Crippen LogP contribution in [0.3, 0.4) is 0 Å². The van der Waals surface area contributed by atoms with Gasteiger partial charge in [0.05, 0.1) is 6.20 Å². The molecule has 3 heterocycles. The van der Waals surface area contributed by atoms with Gasteiger partial charge >= 0.3 is 0 Å². The molecule has 124 valence electrons. The quantitative estimate of drug-likeness (QED) is 0.669. The van der Waals surface area contributed by atoms with Crippen molar-refractivity contribution in [2.24, 2.45) is 0 Å². The van der Waals surface area contributed by atoms with Gasteiger partial charge in [0.15, 0.2) is 11.0 Å². The van der Waals surface area contributed by atoms with Crippen molar-refractivity contribution in [2.75, 3.05) is 29.6 Å². The molecule has 0 spiro atoms. The topological polar surface area (TPSA) is 90.6 Å². The maximum atomic E-state index is 9.35. The van der Waals surface area contributed by atoms with Crippen LogP contribution in [0.25, 0.3) is 0 Å². The van der Waals surface area contributed by atoms with Crippen molar-refractivity contribution in [3.8, 4) is 6.07 Å². The lowest BCUT2D eigenvalue weighted by atomic mass is 10.1. The number of hydrogen-bond acceptors (Lipinski definition) is 8. The molecule has 1 N–H and O–H groups in total. The summed E-state index contributed by atoms with van der Waals surface area (Å²) in [5, 5.41) is 13.5. The third kappa shape index (κ3) is 3.74. The summed E-state index contributed by atoms with van der Waals surface area (Å²) in [6.45, 7) is 3.62. The minimum Gasteiger partial charge on any atom is -0.365 e. The summed E-state index contributed by atoms with van der Waals surface area (Å²) in [6, 6.07) is 4.40. The molecule has 0 bridgehead atoms. The number of rotatable bonds is 4. The number of anilines is 2. The molecule has 2 aromatic rings. The highest BCUT2D eigenvalue weighted by Gasteiger charge is 2.23. The first-order valence-electron chi connectivity index (χ1n) is 7.81. The van der Waals surface area contributed by atoms with Crippen LogP contribution in [0, 0.1) is 18.3 Å². The standard InChI is InChI=1S/C16H19N7S/c1-11-6-14(20-10-19-11)21-13-4-3-5-23(9-13)15-12(7-17)8-18-16(22-15)24-2/h6,8,10,13H,3-5,9H2,1-2H3,(H,19,20,21). The monoisotopic (exact) mass is 341 g/mol. The number of nitrogens with zero attached hydrogens (tertiary/aromatic N) is 6. The summed E-state index contributed by atoms with van der Waals surface area (Å²) in [5.41, 5.74) is 1.46. The molecule has 0 aliphatic carbocycles. The molecule has 0 saturated carbocycles. The van der Waals surface area contributed by atoms with Crippen LogP contribution >= 0.6 is 11.8 Å². The van der Waals surface area contributed by atoms with E-state index in [0.717, 1.165) is 43.3 Å². The molecule has 1 saturated heterocycles. The average Bonchev–Trinajstić information content (AvgIpc) is 2.61. The minimum atomic E-state index is 0.257. The third-order valence-corrected chi connectivity index (χ3v) is 4.49. The van der Waals surface area contributed by atoms with E-state index in [0.29, 0.717) is 10.7 Å². The van der Waals surface area contributed by atoms with E-state index in [4.69, 9.17) is 0 Å². The zero-order valence-electron chi connectivity index (χ0n) is 13.7. The first kappa shape index (κ1) is 16.5. The number of aryl methyl sites for hydroxylation is 1. The van der Waals surface area contributed by atoms with E-state index in [9.17, 15) is 5.26 Å². The predicted molar refractivity (Wildman–Crippen MR) is 94.2 cm³/mol. The zero-order valence-corrected chi connectivity index (χ0v) is 14.5. The molecule has 0 radical (unpaired) electrons. The molecule has 7 nitrogen and oxygen atoms in total. The van der Waals surface area contributed by atoms with Gasteiger partial charge in [-0.15, -0.1) is 0 Å². The van der Waals surface area contributed by atoms with E-state index in [2.05, 4.69) is 36.2 Å². The smallest absolute Gasteiger partial charge is 0.189 e. The van der Waals surface area contributed by atoms with Crippen molar-refractivity contribution >= 4 is 23.4 Å². The Morgan fingerprint density at radius 1 is 1.38 bits per heavy atom. The Labute approximate surface area is 145 Å². The van der Waals surface area contributed by atoms with Gasteiger partial charge in [-0.05, 0) is 26.0 Å². The maximum Gasteiger partial charge on any atom is 0.189 e. The van der Waals surface area contributed by atoms with Gasteiger partial charge in [0.2, 0.25) is 0 Å². The van der Waals surface area contributed by atoms with Crippen LogP contribution in [0.15, 0.2) is 23.7 Å². The van der Waals surface area contributed by atoms with E-state index in [-0.39, 0.29) is 6.04 Å². The molecule has 1 unspecified atom stereocenters. The van der Waals surface area contributed by atoms with Crippen LogP contribution in [-0.2, 0) is 0 Å². The van der Waals surface area contributed by atoms with E-state index < -0.39 is 0 Å². The molecule has 1 aliphatic rings. The number of nitrogens with one attached hydrogen (secondary N) is 1. The van der Waals surface area contributed by atoms with Gasteiger partial charge in [-0.3, -0.25) is 0 Å². The lowest BCUT2D eigenvalue weighted by Crippen LogP contribution is -2.43. The fourth-order valence-electron chi connectivity index (χ4n) is 2.81. The molecule has 2 aromatic heterocycles. The first-order chi connectivity index (χ1) is 11.7. The second-order valence-electron chi connectivity index (χ2n) is 5.68. The average molecular weight is 341 g/mol. The van der Waals surface area contributed by atoms with Crippen molar-refractivity contribution in [1.29, 1.82) is 5.26 Å². The van der Waals surface area contributed by atoms with Gasteiger partial charge in [0.1, 0.15) is 23.8 Å². The van der Waals surface area contributed by atoms with Gasteiger partial charge in [0, 0.05) is 30.9 Å². The number of piperidine rings is 1. The summed E-state index contributed by atoms with van der Waals surface area (Å²) >= 11 is 1.48. The van der Waals surface area contributed by atoms with Crippen molar-refractivity contribution in [1.82, 2.24) is 19.9 Å². The molecule has 3 rings (SSSR count). The molecule has 0 aromatic carbocycles. The van der Waals surface area contributed by atoms with Crippen LogP contribution in [0.2, 0.25) is 0 Å². The van der Waals surface area contributed by atoms with E-state index in [1.165, 1.54) is 11.8 Å². The highest BCUT2D eigenvalue weighted by atomic mass is 32.2. The summed E-state index contributed by atoms with van der Waals surface area (Å²) in [7, 11) is 0. The molecule has 1 aliphatic heterocycles. The Hall–Kier alpha value is -2.40. The summed E-state index contributed by atoms with van der Waals surface area (Å²) in [4.78, 5) is 19.3. The molecular formula is C16H19N7S. The van der Waals surface area contributed by atoms with Crippen molar-refractivity contribution in [2.45, 2.75) is 31.0 Å². The number of nitriles is 1. The summed E-state index contributed by atoms with van der Waals surface area (Å²) < 4.78 is 0. The van der Waals surface area contributed by atoms with E-state index in [1.54, 1.807) is 12.5 Å². The Kier molecular flexibility index (Phi) is 5.11. The lowest BCUT2D eigenvalue weighted by molar-refractivity contribution is 0.523. The fraction of sp³-hybridized carbons (Fsp3) is 0.438. The Bertz CT molecular complexity index is 758. The third-order valence-electron chi connectivity index (χ3n) is 3.93. The van der Waals surface area contributed by atoms with Gasteiger partial charge in [-0.2, -0.15) is 5.26 Å². The van der Waals surface area contributed by atoms with Crippen molar-refractivity contribution in [3.63, 3.8) is 0 Å². The van der Waals surface area contributed by atoms with E-state index >= 15 is 0 Å². The molecule has 24 heavy (non-hydrogen) atoms. The number of hydrogen-bond donors (Lipinski definition) is 1. The fourth-order valence-corrected chi connectivity index (χ4v) is 3.14. The predicted octanol–water partition coefficient (Wildman–Crippen LogP) is 2.25. The highest BCUT2D eigenvalue weighted by molar-refractivity contribution is 7.98. The van der Waals surface area contributed by atoms with Crippen LogP contribution in [-0.4, -0.2) is 45.3 Å². The Morgan fingerprint density at radius 3 is 3.00 bits per heavy atom. The number of thioether (sulfide) groups is 1. The van der Waals surface area contributed by atoms with E-state index in [1.807, 2.05) is 19.2 Å². The SMILES string of the molecule is CSc1ncc(C#N)c(N2CCCC(Nc3cc(C)ncn3)C2)n1. The van der Waals surface area contributed by atoms with Crippen LogP contribution in [0.5, 0.6) is 0 Å². The van der Waals surface area contributed by atoms with Gasteiger partial charge in [-0.25, -0.2) is 19.9 Å². The second kappa shape index (κ2) is 7.45. The Balaban J connectivity index is 1.77. The lowest BCUT2D eigenvalue weighted by Gasteiger charge is -2.34.